The maximum absolute atomic E-state index is 13.3. The predicted molar refractivity (Wildman–Crippen MR) is 114 cm³/mol. The number of halogens is 2. The largest absolute Gasteiger partial charge is 0.352 e. The number of anilines is 1. The van der Waals surface area contributed by atoms with Crippen molar-refractivity contribution in [3.8, 4) is 0 Å². The molecule has 0 unspecified atom stereocenters. The van der Waals surface area contributed by atoms with E-state index in [2.05, 4.69) is 20.9 Å². The van der Waals surface area contributed by atoms with E-state index in [-0.39, 0.29) is 35.7 Å². The van der Waals surface area contributed by atoms with Crippen LogP contribution in [0.5, 0.6) is 0 Å². The highest BCUT2D eigenvalue weighted by molar-refractivity contribution is 14.0. The standard InChI is InChI=1S/C19H23FN4O.HI/c1-13-9-16(7-8-18(13)20)12-23-19(21-3)22-11-15-5-4-6-17(10-15)24-14(2)25;/h4-10H,11-12H2,1-3H3,(H,24,25)(H2,21,22,23);1H. The van der Waals surface area contributed by atoms with Gasteiger partial charge >= 0.3 is 0 Å². The number of benzene rings is 2. The second kappa shape index (κ2) is 10.7. The number of amides is 1. The first-order chi connectivity index (χ1) is 12.0. The van der Waals surface area contributed by atoms with Gasteiger partial charge in [-0.25, -0.2) is 4.39 Å². The van der Waals surface area contributed by atoms with E-state index in [1.807, 2.05) is 30.3 Å². The molecule has 0 heterocycles. The lowest BCUT2D eigenvalue weighted by Crippen LogP contribution is -2.36. The van der Waals surface area contributed by atoms with Gasteiger partial charge in [-0.2, -0.15) is 0 Å². The van der Waals surface area contributed by atoms with Crippen molar-refractivity contribution < 1.29 is 9.18 Å². The third kappa shape index (κ3) is 6.99. The summed E-state index contributed by atoms with van der Waals surface area (Å²) in [6.07, 6.45) is 0. The van der Waals surface area contributed by atoms with Gasteiger partial charge in [0.1, 0.15) is 5.82 Å². The third-order valence-corrected chi connectivity index (χ3v) is 3.61. The van der Waals surface area contributed by atoms with E-state index in [4.69, 9.17) is 0 Å². The van der Waals surface area contributed by atoms with Gasteiger partial charge in [0.15, 0.2) is 5.96 Å². The molecule has 0 atom stereocenters. The fraction of sp³-hybridized carbons (Fsp3) is 0.263. The van der Waals surface area contributed by atoms with Crippen LogP contribution in [0.1, 0.15) is 23.6 Å². The number of hydrogen-bond acceptors (Lipinski definition) is 2. The summed E-state index contributed by atoms with van der Waals surface area (Å²) < 4.78 is 13.3. The van der Waals surface area contributed by atoms with Crippen LogP contribution in [0, 0.1) is 12.7 Å². The first-order valence-electron chi connectivity index (χ1n) is 8.04. The van der Waals surface area contributed by atoms with Crippen molar-refractivity contribution in [2.75, 3.05) is 12.4 Å². The lowest BCUT2D eigenvalue weighted by atomic mass is 10.1. The molecule has 0 bridgehead atoms. The molecular formula is C19H24FIN4O. The van der Waals surface area contributed by atoms with Crippen molar-refractivity contribution >= 4 is 41.5 Å². The summed E-state index contributed by atoms with van der Waals surface area (Å²) in [5.41, 5.74) is 3.38. The van der Waals surface area contributed by atoms with Gasteiger partial charge in [-0.1, -0.05) is 24.3 Å². The van der Waals surface area contributed by atoms with Gasteiger partial charge in [0, 0.05) is 32.7 Å². The molecule has 1 amide bonds. The highest BCUT2D eigenvalue weighted by atomic mass is 127. The van der Waals surface area contributed by atoms with Crippen LogP contribution in [-0.4, -0.2) is 18.9 Å². The Morgan fingerprint density at radius 2 is 1.73 bits per heavy atom. The monoisotopic (exact) mass is 470 g/mol. The predicted octanol–water partition coefficient (Wildman–Crippen LogP) is 3.58. The van der Waals surface area contributed by atoms with Crippen LogP contribution in [0.15, 0.2) is 47.5 Å². The van der Waals surface area contributed by atoms with E-state index in [0.29, 0.717) is 24.6 Å². The van der Waals surface area contributed by atoms with Crippen molar-refractivity contribution in [1.29, 1.82) is 0 Å². The zero-order valence-corrected chi connectivity index (χ0v) is 17.4. The van der Waals surface area contributed by atoms with Crippen molar-refractivity contribution in [3.63, 3.8) is 0 Å². The molecule has 0 spiro atoms. The molecule has 0 saturated heterocycles. The lowest BCUT2D eigenvalue weighted by Gasteiger charge is -2.13. The van der Waals surface area contributed by atoms with Gasteiger partial charge in [0.2, 0.25) is 5.91 Å². The van der Waals surface area contributed by atoms with E-state index < -0.39 is 0 Å². The molecule has 0 aromatic heterocycles. The Hall–Kier alpha value is -2.16. The van der Waals surface area contributed by atoms with Gasteiger partial charge in [-0.3, -0.25) is 9.79 Å². The average molecular weight is 470 g/mol. The Balaban J connectivity index is 0.00000338. The maximum Gasteiger partial charge on any atom is 0.221 e. The second-order valence-electron chi connectivity index (χ2n) is 5.74. The molecule has 140 valence electrons. The topological polar surface area (TPSA) is 65.5 Å². The van der Waals surface area contributed by atoms with Gasteiger partial charge in [0.25, 0.3) is 0 Å². The molecule has 7 heteroatoms. The lowest BCUT2D eigenvalue weighted by molar-refractivity contribution is -0.114. The molecule has 0 saturated carbocycles. The van der Waals surface area contributed by atoms with Crippen LogP contribution in [0.3, 0.4) is 0 Å². The molecule has 5 nitrogen and oxygen atoms in total. The highest BCUT2D eigenvalue weighted by Crippen LogP contribution is 2.11. The second-order valence-corrected chi connectivity index (χ2v) is 5.74. The SMILES string of the molecule is CN=C(NCc1cccc(NC(C)=O)c1)NCc1ccc(F)c(C)c1.I. The van der Waals surface area contributed by atoms with Gasteiger partial charge in [0.05, 0.1) is 0 Å². The number of carbonyl (C=O) groups is 1. The van der Waals surface area contributed by atoms with Gasteiger partial charge in [-0.15, -0.1) is 24.0 Å². The van der Waals surface area contributed by atoms with E-state index in [1.54, 1.807) is 20.0 Å². The minimum absolute atomic E-state index is 0. The molecule has 2 aromatic carbocycles. The van der Waals surface area contributed by atoms with Crippen LogP contribution < -0.4 is 16.0 Å². The van der Waals surface area contributed by atoms with Crippen molar-refractivity contribution in [2.45, 2.75) is 26.9 Å². The molecule has 26 heavy (non-hydrogen) atoms. The van der Waals surface area contributed by atoms with Crippen LogP contribution in [-0.2, 0) is 17.9 Å². The van der Waals surface area contributed by atoms with Crippen molar-refractivity contribution in [2.24, 2.45) is 4.99 Å². The Morgan fingerprint density at radius 1 is 1.08 bits per heavy atom. The number of guanidine groups is 1. The fourth-order valence-corrected chi connectivity index (χ4v) is 2.37. The van der Waals surface area contributed by atoms with Crippen LogP contribution in [0.4, 0.5) is 10.1 Å². The zero-order chi connectivity index (χ0) is 18.2. The normalized spacial score (nSPS) is 10.7. The Bertz CT molecular complexity index is 780. The van der Waals surface area contributed by atoms with Crippen LogP contribution >= 0.6 is 24.0 Å². The summed E-state index contributed by atoms with van der Waals surface area (Å²) in [7, 11) is 1.69. The van der Waals surface area contributed by atoms with Crippen molar-refractivity contribution in [3.05, 3.63) is 65.0 Å². The van der Waals surface area contributed by atoms with Crippen molar-refractivity contribution in [1.82, 2.24) is 10.6 Å². The van der Waals surface area contributed by atoms with E-state index in [9.17, 15) is 9.18 Å². The molecule has 0 fully saturated rings. The van der Waals surface area contributed by atoms with E-state index >= 15 is 0 Å². The number of aliphatic imine (C=N–C) groups is 1. The molecule has 0 aliphatic carbocycles. The molecule has 3 N–H and O–H groups in total. The Labute approximate surface area is 170 Å². The van der Waals surface area contributed by atoms with Gasteiger partial charge in [-0.05, 0) is 41.8 Å². The molecule has 2 aromatic rings. The summed E-state index contributed by atoms with van der Waals surface area (Å²) in [4.78, 5) is 15.3. The summed E-state index contributed by atoms with van der Waals surface area (Å²) in [5, 5.41) is 9.17. The Morgan fingerprint density at radius 3 is 2.31 bits per heavy atom. The summed E-state index contributed by atoms with van der Waals surface area (Å²) in [6.45, 7) is 4.34. The zero-order valence-electron chi connectivity index (χ0n) is 15.1. The molecule has 0 aliphatic rings. The number of rotatable bonds is 5. The van der Waals surface area contributed by atoms with Gasteiger partial charge < -0.3 is 16.0 Å². The summed E-state index contributed by atoms with van der Waals surface area (Å²) in [6, 6.07) is 12.6. The van der Waals surface area contributed by atoms with E-state index in [1.165, 1.54) is 13.0 Å². The number of nitrogens with one attached hydrogen (secondary N) is 3. The molecule has 0 radical (unpaired) electrons. The number of nitrogens with zero attached hydrogens (tertiary/aromatic N) is 1. The third-order valence-electron chi connectivity index (χ3n) is 3.61. The molecular weight excluding hydrogens is 446 g/mol. The van der Waals surface area contributed by atoms with Crippen LogP contribution in [0.2, 0.25) is 0 Å². The summed E-state index contributed by atoms with van der Waals surface area (Å²) >= 11 is 0. The molecule has 2 rings (SSSR count). The quantitative estimate of drug-likeness (QED) is 0.356. The minimum atomic E-state index is -0.203. The number of carbonyl (C=O) groups excluding carboxylic acids is 1. The minimum Gasteiger partial charge on any atom is -0.352 e. The fourth-order valence-electron chi connectivity index (χ4n) is 2.37. The Kier molecular flexibility index (Phi) is 9.04. The highest BCUT2D eigenvalue weighted by Gasteiger charge is 2.03. The van der Waals surface area contributed by atoms with E-state index in [0.717, 1.165) is 16.8 Å². The smallest absolute Gasteiger partial charge is 0.221 e. The van der Waals surface area contributed by atoms with Crippen LogP contribution in [0.25, 0.3) is 0 Å². The molecule has 0 aliphatic heterocycles. The summed E-state index contributed by atoms with van der Waals surface area (Å²) in [5.74, 6) is 0.342. The maximum atomic E-state index is 13.3. The first kappa shape index (κ1) is 21.9. The number of aryl methyl sites for hydroxylation is 1. The first-order valence-corrected chi connectivity index (χ1v) is 8.04. The average Bonchev–Trinajstić information content (AvgIpc) is 2.58. The number of hydrogen-bond donors (Lipinski definition) is 3.